The summed E-state index contributed by atoms with van der Waals surface area (Å²) in [7, 11) is 1.63. The normalized spacial score (nSPS) is 18.7. The van der Waals surface area contributed by atoms with Crippen LogP contribution in [0.15, 0.2) is 24.3 Å². The summed E-state index contributed by atoms with van der Waals surface area (Å²) < 4.78 is 0. The van der Waals surface area contributed by atoms with Gasteiger partial charge in [0.1, 0.15) is 0 Å². The van der Waals surface area contributed by atoms with Gasteiger partial charge in [-0.3, -0.25) is 9.59 Å². The van der Waals surface area contributed by atoms with Gasteiger partial charge in [0.2, 0.25) is 5.91 Å². The van der Waals surface area contributed by atoms with Crippen molar-refractivity contribution >= 4 is 11.8 Å². The molecule has 0 radical (unpaired) electrons. The van der Waals surface area contributed by atoms with E-state index in [0.29, 0.717) is 25.2 Å². The van der Waals surface area contributed by atoms with Crippen LogP contribution in [0.25, 0.3) is 0 Å². The second-order valence-electron chi connectivity index (χ2n) is 5.11. The molecule has 1 aromatic rings. The van der Waals surface area contributed by atoms with E-state index in [1.54, 1.807) is 18.0 Å². The Labute approximate surface area is 119 Å². The minimum absolute atomic E-state index is 0.0122. The van der Waals surface area contributed by atoms with Crippen LogP contribution in [0.3, 0.4) is 0 Å². The highest BCUT2D eigenvalue weighted by atomic mass is 16.2. The first-order chi connectivity index (χ1) is 9.65. The third kappa shape index (κ3) is 3.17. The van der Waals surface area contributed by atoms with Gasteiger partial charge in [0.05, 0.1) is 5.92 Å². The number of carbonyl (C=O) groups is 2. The van der Waals surface area contributed by atoms with E-state index < -0.39 is 0 Å². The smallest absolute Gasteiger partial charge is 0.253 e. The summed E-state index contributed by atoms with van der Waals surface area (Å²) in [4.78, 5) is 25.9. The van der Waals surface area contributed by atoms with E-state index in [4.69, 9.17) is 5.73 Å². The van der Waals surface area contributed by atoms with Crippen LogP contribution in [-0.2, 0) is 11.3 Å². The zero-order chi connectivity index (χ0) is 14.5. The number of piperidine rings is 1. The molecule has 2 rings (SSSR count). The quantitative estimate of drug-likeness (QED) is 0.854. The predicted octanol–water partition coefficient (Wildman–Crippen LogP) is 0.743. The maximum atomic E-state index is 12.5. The number of hydrogen-bond donors (Lipinski definition) is 2. The molecule has 1 aliphatic rings. The molecule has 0 saturated carbocycles. The van der Waals surface area contributed by atoms with Crippen molar-refractivity contribution in [3.8, 4) is 0 Å². The predicted molar refractivity (Wildman–Crippen MR) is 77.0 cm³/mol. The van der Waals surface area contributed by atoms with Crippen LogP contribution in [0, 0.1) is 5.92 Å². The van der Waals surface area contributed by atoms with Crippen LogP contribution in [0.5, 0.6) is 0 Å². The Bertz CT molecular complexity index is 502. The van der Waals surface area contributed by atoms with Crippen molar-refractivity contribution in [3.05, 3.63) is 35.4 Å². The summed E-state index contributed by atoms with van der Waals surface area (Å²) in [5.74, 6) is -0.109. The number of likely N-dealkylation sites (tertiary alicyclic amines) is 1. The van der Waals surface area contributed by atoms with Crippen molar-refractivity contribution < 1.29 is 9.59 Å². The molecular weight excluding hydrogens is 254 g/mol. The van der Waals surface area contributed by atoms with Crippen molar-refractivity contribution in [2.45, 2.75) is 19.4 Å². The highest BCUT2D eigenvalue weighted by molar-refractivity contribution is 5.95. The molecule has 0 bridgehead atoms. The number of nitrogens with two attached hydrogens (primary N) is 1. The number of rotatable bonds is 3. The Hall–Kier alpha value is -1.88. The first-order valence-electron chi connectivity index (χ1n) is 6.95. The molecule has 1 atom stereocenters. The summed E-state index contributed by atoms with van der Waals surface area (Å²) in [5.41, 5.74) is 7.18. The number of nitrogens with one attached hydrogen (secondary N) is 1. The van der Waals surface area contributed by atoms with Gasteiger partial charge < -0.3 is 16.0 Å². The molecule has 5 heteroatoms. The van der Waals surface area contributed by atoms with Crippen LogP contribution < -0.4 is 11.1 Å². The molecular formula is C15H21N3O2. The monoisotopic (exact) mass is 275 g/mol. The van der Waals surface area contributed by atoms with Gasteiger partial charge >= 0.3 is 0 Å². The Morgan fingerprint density at radius 2 is 2.25 bits per heavy atom. The summed E-state index contributed by atoms with van der Waals surface area (Å²) in [6.45, 7) is 1.62. The van der Waals surface area contributed by atoms with E-state index in [9.17, 15) is 9.59 Å². The fraction of sp³-hybridized carbons (Fsp3) is 0.467. The fourth-order valence-electron chi connectivity index (χ4n) is 2.59. The average molecular weight is 275 g/mol. The molecule has 1 unspecified atom stereocenters. The summed E-state index contributed by atoms with van der Waals surface area (Å²) in [5, 5.41) is 2.66. The van der Waals surface area contributed by atoms with Gasteiger partial charge in [0, 0.05) is 32.2 Å². The van der Waals surface area contributed by atoms with Gasteiger partial charge in [-0.15, -0.1) is 0 Å². The largest absolute Gasteiger partial charge is 0.359 e. The molecule has 5 nitrogen and oxygen atoms in total. The third-order valence-electron chi connectivity index (χ3n) is 3.74. The van der Waals surface area contributed by atoms with Gasteiger partial charge in [-0.2, -0.15) is 0 Å². The topological polar surface area (TPSA) is 75.4 Å². The number of amides is 2. The minimum atomic E-state index is -0.101. The van der Waals surface area contributed by atoms with Crippen LogP contribution in [0.1, 0.15) is 28.8 Å². The van der Waals surface area contributed by atoms with E-state index in [1.807, 2.05) is 18.2 Å². The maximum Gasteiger partial charge on any atom is 0.253 e. The molecule has 1 aromatic carbocycles. The van der Waals surface area contributed by atoms with Crippen LogP contribution in [-0.4, -0.2) is 36.9 Å². The molecule has 1 fully saturated rings. The lowest BCUT2D eigenvalue weighted by Gasteiger charge is -2.32. The van der Waals surface area contributed by atoms with Crippen LogP contribution in [0.2, 0.25) is 0 Å². The Balaban J connectivity index is 2.10. The van der Waals surface area contributed by atoms with Crippen LogP contribution in [0.4, 0.5) is 0 Å². The lowest BCUT2D eigenvalue weighted by molar-refractivity contribution is -0.125. The lowest BCUT2D eigenvalue weighted by Crippen LogP contribution is -2.44. The van der Waals surface area contributed by atoms with Crippen molar-refractivity contribution in [1.82, 2.24) is 10.2 Å². The standard InChI is InChI=1S/C15H21N3O2/c1-17-14(19)13-6-3-7-18(10-13)15(20)12-5-2-4-11(8-12)9-16/h2,4-5,8,13H,3,6-7,9-10,16H2,1H3,(H,17,19). The Kier molecular flexibility index (Phi) is 4.74. The summed E-state index contributed by atoms with van der Waals surface area (Å²) in [6.07, 6.45) is 1.70. The zero-order valence-corrected chi connectivity index (χ0v) is 11.8. The molecule has 1 heterocycles. The molecule has 1 saturated heterocycles. The molecule has 0 aliphatic carbocycles. The number of carbonyl (C=O) groups excluding carboxylic acids is 2. The van der Waals surface area contributed by atoms with E-state index in [-0.39, 0.29) is 17.7 Å². The highest BCUT2D eigenvalue weighted by Crippen LogP contribution is 2.19. The van der Waals surface area contributed by atoms with Crippen molar-refractivity contribution in [2.75, 3.05) is 20.1 Å². The van der Waals surface area contributed by atoms with Gasteiger partial charge in [0.15, 0.2) is 0 Å². The number of benzene rings is 1. The second-order valence-corrected chi connectivity index (χ2v) is 5.11. The lowest BCUT2D eigenvalue weighted by atomic mass is 9.96. The van der Waals surface area contributed by atoms with Gasteiger partial charge in [-0.25, -0.2) is 0 Å². The molecule has 1 aliphatic heterocycles. The van der Waals surface area contributed by atoms with E-state index in [0.717, 1.165) is 18.4 Å². The van der Waals surface area contributed by atoms with Gasteiger partial charge in [-0.1, -0.05) is 12.1 Å². The average Bonchev–Trinajstić information content (AvgIpc) is 2.53. The first kappa shape index (κ1) is 14.5. The van der Waals surface area contributed by atoms with Gasteiger partial charge in [0.25, 0.3) is 5.91 Å². The second kappa shape index (κ2) is 6.52. The van der Waals surface area contributed by atoms with Crippen molar-refractivity contribution in [1.29, 1.82) is 0 Å². The number of hydrogen-bond acceptors (Lipinski definition) is 3. The molecule has 20 heavy (non-hydrogen) atoms. The van der Waals surface area contributed by atoms with E-state index in [2.05, 4.69) is 5.32 Å². The van der Waals surface area contributed by atoms with Crippen molar-refractivity contribution in [3.63, 3.8) is 0 Å². The maximum absolute atomic E-state index is 12.5. The molecule has 2 amide bonds. The summed E-state index contributed by atoms with van der Waals surface area (Å²) >= 11 is 0. The Morgan fingerprint density at radius 3 is 2.95 bits per heavy atom. The van der Waals surface area contributed by atoms with Crippen LogP contribution >= 0.6 is 0 Å². The molecule has 3 N–H and O–H groups in total. The molecule has 0 spiro atoms. The first-order valence-corrected chi connectivity index (χ1v) is 6.95. The SMILES string of the molecule is CNC(=O)C1CCCN(C(=O)c2cccc(CN)c2)C1. The fourth-order valence-corrected chi connectivity index (χ4v) is 2.59. The number of nitrogens with zero attached hydrogens (tertiary/aromatic N) is 1. The summed E-state index contributed by atoms with van der Waals surface area (Å²) in [6, 6.07) is 7.37. The van der Waals surface area contributed by atoms with E-state index in [1.165, 1.54) is 0 Å². The van der Waals surface area contributed by atoms with E-state index >= 15 is 0 Å². The van der Waals surface area contributed by atoms with Crippen molar-refractivity contribution in [2.24, 2.45) is 11.7 Å². The zero-order valence-electron chi connectivity index (χ0n) is 11.8. The highest BCUT2D eigenvalue weighted by Gasteiger charge is 2.28. The Morgan fingerprint density at radius 1 is 1.45 bits per heavy atom. The molecule has 108 valence electrons. The third-order valence-corrected chi connectivity index (χ3v) is 3.74. The van der Waals surface area contributed by atoms with Gasteiger partial charge in [-0.05, 0) is 30.5 Å². The minimum Gasteiger partial charge on any atom is -0.359 e. The molecule has 0 aromatic heterocycles.